The minimum atomic E-state index is -0.114. The molecule has 1 aromatic carbocycles. The van der Waals surface area contributed by atoms with Gasteiger partial charge in [-0.3, -0.25) is 4.79 Å². The van der Waals surface area contributed by atoms with E-state index in [1.54, 1.807) is 0 Å². The first-order valence-electron chi connectivity index (χ1n) is 10.0. The SMILES string of the molecule is O=C(CCCOCc1ccccc1)N1CCC(N2CCC(O)CC2)CC1. The lowest BCUT2D eigenvalue weighted by atomic mass is 9.98. The fourth-order valence-electron chi connectivity index (χ4n) is 3.98. The zero-order valence-electron chi connectivity index (χ0n) is 15.7. The average molecular weight is 360 g/mol. The molecule has 26 heavy (non-hydrogen) atoms. The molecule has 0 radical (unpaired) electrons. The zero-order chi connectivity index (χ0) is 18.2. The fraction of sp³-hybridized carbons (Fsp3) is 0.667. The molecule has 2 aliphatic heterocycles. The number of amides is 1. The Balaban J connectivity index is 1.27. The Kier molecular flexibility index (Phi) is 7.47. The first-order chi connectivity index (χ1) is 12.7. The maximum Gasteiger partial charge on any atom is 0.222 e. The lowest BCUT2D eigenvalue weighted by Gasteiger charge is -2.41. The van der Waals surface area contributed by atoms with E-state index in [1.807, 2.05) is 23.1 Å². The lowest BCUT2D eigenvalue weighted by molar-refractivity contribution is -0.133. The highest BCUT2D eigenvalue weighted by atomic mass is 16.5. The summed E-state index contributed by atoms with van der Waals surface area (Å²) in [4.78, 5) is 16.9. The Hall–Kier alpha value is -1.43. The second-order valence-corrected chi connectivity index (χ2v) is 7.52. The van der Waals surface area contributed by atoms with Crippen molar-refractivity contribution in [3.8, 4) is 0 Å². The van der Waals surface area contributed by atoms with Crippen LogP contribution in [0.4, 0.5) is 0 Å². The van der Waals surface area contributed by atoms with Crippen molar-refractivity contribution in [2.75, 3.05) is 32.8 Å². The normalized spacial score (nSPS) is 20.4. The summed E-state index contributed by atoms with van der Waals surface area (Å²) in [5.74, 6) is 0.265. The first kappa shape index (κ1) is 19.3. The van der Waals surface area contributed by atoms with Crippen LogP contribution in [0.25, 0.3) is 0 Å². The van der Waals surface area contributed by atoms with Gasteiger partial charge in [-0.2, -0.15) is 0 Å². The predicted octanol–water partition coefficient (Wildman–Crippen LogP) is 2.43. The van der Waals surface area contributed by atoms with Crippen LogP contribution < -0.4 is 0 Å². The smallest absolute Gasteiger partial charge is 0.222 e. The van der Waals surface area contributed by atoms with Gasteiger partial charge in [0.05, 0.1) is 12.7 Å². The number of nitrogens with zero attached hydrogens (tertiary/aromatic N) is 2. The third kappa shape index (κ3) is 5.79. The fourth-order valence-corrected chi connectivity index (χ4v) is 3.98. The second kappa shape index (κ2) is 10.0. The Bertz CT molecular complexity index is 535. The van der Waals surface area contributed by atoms with Crippen molar-refractivity contribution >= 4 is 5.91 Å². The van der Waals surface area contributed by atoms with E-state index < -0.39 is 0 Å². The van der Waals surface area contributed by atoms with E-state index in [-0.39, 0.29) is 12.0 Å². The summed E-state index contributed by atoms with van der Waals surface area (Å²) in [7, 11) is 0. The molecule has 1 N–H and O–H groups in total. The van der Waals surface area contributed by atoms with Gasteiger partial charge in [0.15, 0.2) is 0 Å². The van der Waals surface area contributed by atoms with Gasteiger partial charge in [-0.1, -0.05) is 30.3 Å². The van der Waals surface area contributed by atoms with Gasteiger partial charge in [0.1, 0.15) is 0 Å². The Morgan fingerprint density at radius 3 is 2.42 bits per heavy atom. The molecule has 0 unspecified atom stereocenters. The number of likely N-dealkylation sites (tertiary alicyclic amines) is 2. The quantitative estimate of drug-likeness (QED) is 0.759. The number of aliphatic hydroxyl groups excluding tert-OH is 1. The summed E-state index contributed by atoms with van der Waals surface area (Å²) in [6.07, 6.45) is 5.16. The minimum Gasteiger partial charge on any atom is -0.393 e. The van der Waals surface area contributed by atoms with E-state index >= 15 is 0 Å². The molecular weight excluding hydrogens is 328 g/mol. The van der Waals surface area contributed by atoms with Crippen LogP contribution in [-0.2, 0) is 16.1 Å². The van der Waals surface area contributed by atoms with E-state index in [0.717, 1.165) is 58.3 Å². The minimum absolute atomic E-state index is 0.114. The molecule has 0 aliphatic carbocycles. The van der Waals surface area contributed by atoms with E-state index in [0.29, 0.717) is 25.7 Å². The molecule has 2 saturated heterocycles. The molecule has 1 amide bonds. The van der Waals surface area contributed by atoms with E-state index in [1.165, 1.54) is 5.56 Å². The molecule has 2 fully saturated rings. The van der Waals surface area contributed by atoms with Crippen molar-refractivity contribution in [1.29, 1.82) is 0 Å². The molecule has 1 aromatic rings. The van der Waals surface area contributed by atoms with Crippen LogP contribution in [0.1, 0.15) is 44.1 Å². The van der Waals surface area contributed by atoms with Gasteiger partial charge in [-0.15, -0.1) is 0 Å². The molecule has 144 valence electrons. The summed E-state index contributed by atoms with van der Waals surface area (Å²) >= 11 is 0. The largest absolute Gasteiger partial charge is 0.393 e. The highest BCUT2D eigenvalue weighted by Crippen LogP contribution is 2.21. The third-order valence-electron chi connectivity index (χ3n) is 5.62. The van der Waals surface area contributed by atoms with E-state index in [2.05, 4.69) is 17.0 Å². The monoisotopic (exact) mass is 360 g/mol. The van der Waals surface area contributed by atoms with Crippen molar-refractivity contribution in [2.45, 2.75) is 57.3 Å². The molecule has 2 heterocycles. The third-order valence-corrected chi connectivity index (χ3v) is 5.62. The summed E-state index contributed by atoms with van der Waals surface area (Å²) < 4.78 is 5.66. The number of piperidine rings is 2. The van der Waals surface area contributed by atoms with Crippen LogP contribution in [0, 0.1) is 0 Å². The van der Waals surface area contributed by atoms with Gasteiger partial charge in [0, 0.05) is 45.2 Å². The number of carbonyl (C=O) groups is 1. The molecule has 0 aromatic heterocycles. The molecular formula is C21H32N2O3. The van der Waals surface area contributed by atoms with Crippen molar-refractivity contribution in [3.63, 3.8) is 0 Å². The summed E-state index contributed by atoms with van der Waals surface area (Å²) in [6.45, 7) is 4.98. The number of benzene rings is 1. The highest BCUT2D eigenvalue weighted by Gasteiger charge is 2.28. The van der Waals surface area contributed by atoms with Gasteiger partial charge >= 0.3 is 0 Å². The van der Waals surface area contributed by atoms with Crippen LogP contribution in [0.2, 0.25) is 0 Å². The molecule has 2 aliphatic rings. The predicted molar refractivity (Wildman–Crippen MR) is 102 cm³/mol. The first-order valence-corrected chi connectivity index (χ1v) is 10.0. The summed E-state index contributed by atoms with van der Waals surface area (Å²) in [5, 5.41) is 9.64. The number of rotatable bonds is 7. The number of hydrogen-bond donors (Lipinski definition) is 1. The van der Waals surface area contributed by atoms with Crippen LogP contribution in [0.3, 0.4) is 0 Å². The van der Waals surface area contributed by atoms with E-state index in [4.69, 9.17) is 4.74 Å². The van der Waals surface area contributed by atoms with Gasteiger partial charge in [0.2, 0.25) is 5.91 Å². The maximum absolute atomic E-state index is 12.4. The number of carbonyl (C=O) groups excluding carboxylic acids is 1. The Morgan fingerprint density at radius 1 is 1.04 bits per heavy atom. The second-order valence-electron chi connectivity index (χ2n) is 7.52. The van der Waals surface area contributed by atoms with Gasteiger partial charge in [-0.05, 0) is 37.7 Å². The topological polar surface area (TPSA) is 53.0 Å². The van der Waals surface area contributed by atoms with Gasteiger partial charge < -0.3 is 19.6 Å². The molecule has 0 atom stereocenters. The molecule has 0 bridgehead atoms. The van der Waals surface area contributed by atoms with Crippen molar-refractivity contribution in [1.82, 2.24) is 9.80 Å². The molecule has 5 nitrogen and oxygen atoms in total. The van der Waals surface area contributed by atoms with Crippen molar-refractivity contribution in [3.05, 3.63) is 35.9 Å². The number of ether oxygens (including phenoxy) is 1. The molecule has 5 heteroatoms. The summed E-state index contributed by atoms with van der Waals surface area (Å²) in [5.41, 5.74) is 1.17. The maximum atomic E-state index is 12.4. The number of hydrogen-bond acceptors (Lipinski definition) is 4. The van der Waals surface area contributed by atoms with Gasteiger partial charge in [0.25, 0.3) is 0 Å². The summed E-state index contributed by atoms with van der Waals surface area (Å²) in [6, 6.07) is 10.7. The van der Waals surface area contributed by atoms with Crippen molar-refractivity contribution < 1.29 is 14.6 Å². The lowest BCUT2D eigenvalue weighted by Crippen LogP contribution is -2.49. The standard InChI is InChI=1S/C21H32N2O3/c24-20-10-14-22(15-11-20)19-8-12-23(13-9-19)21(25)7-4-16-26-17-18-5-2-1-3-6-18/h1-3,5-6,19-20,24H,4,7-17H2. The Labute approximate surface area is 156 Å². The van der Waals surface area contributed by atoms with Crippen LogP contribution in [-0.4, -0.2) is 65.7 Å². The van der Waals surface area contributed by atoms with Crippen LogP contribution in [0.5, 0.6) is 0 Å². The van der Waals surface area contributed by atoms with Gasteiger partial charge in [-0.25, -0.2) is 0 Å². The number of aliphatic hydroxyl groups is 1. The van der Waals surface area contributed by atoms with Crippen LogP contribution >= 0.6 is 0 Å². The molecule has 3 rings (SSSR count). The Morgan fingerprint density at radius 2 is 1.73 bits per heavy atom. The van der Waals surface area contributed by atoms with Crippen LogP contribution in [0.15, 0.2) is 30.3 Å². The molecule has 0 spiro atoms. The zero-order valence-corrected chi connectivity index (χ0v) is 15.7. The molecule has 0 saturated carbocycles. The van der Waals surface area contributed by atoms with Crippen molar-refractivity contribution in [2.24, 2.45) is 0 Å². The highest BCUT2D eigenvalue weighted by molar-refractivity contribution is 5.76. The van der Waals surface area contributed by atoms with E-state index in [9.17, 15) is 9.90 Å². The average Bonchev–Trinajstić information content (AvgIpc) is 2.69.